The molecule has 28 heavy (non-hydrogen) atoms. The van der Waals surface area contributed by atoms with Gasteiger partial charge in [0.05, 0.1) is 28.7 Å². The molecule has 0 saturated carbocycles. The van der Waals surface area contributed by atoms with Crippen LogP contribution in [0.1, 0.15) is 18.1 Å². The number of benzene rings is 2. The van der Waals surface area contributed by atoms with Gasteiger partial charge in [-0.05, 0) is 31.2 Å². The van der Waals surface area contributed by atoms with E-state index < -0.39 is 10.9 Å². The Bertz CT molecular complexity index is 1040. The molecule has 2 aromatic carbocycles. The number of esters is 1. The van der Waals surface area contributed by atoms with Gasteiger partial charge in [-0.1, -0.05) is 12.1 Å². The number of hydrogen-bond acceptors (Lipinski definition) is 8. The Morgan fingerprint density at radius 3 is 2.75 bits per heavy atom. The lowest BCUT2D eigenvalue weighted by Crippen LogP contribution is -2.07. The number of nitrogens with zero attached hydrogens (tertiary/aromatic N) is 2. The van der Waals surface area contributed by atoms with E-state index in [1.807, 2.05) is 6.92 Å². The number of para-hydroxylation sites is 1. The third kappa shape index (κ3) is 3.13. The number of carbonyl (C=O) groups excluding carboxylic acids is 1. The molecule has 0 unspecified atom stereocenters. The van der Waals surface area contributed by atoms with Crippen LogP contribution in [0.25, 0.3) is 6.08 Å². The molecule has 2 aliphatic rings. The number of ether oxygens (including phenoxy) is 4. The molecule has 0 N–H and O–H groups in total. The molecule has 4 rings (SSSR count). The molecule has 0 bridgehead atoms. The van der Waals surface area contributed by atoms with Gasteiger partial charge < -0.3 is 18.9 Å². The zero-order chi connectivity index (χ0) is 19.7. The molecular weight excluding hydrogens is 368 g/mol. The summed E-state index contributed by atoms with van der Waals surface area (Å²) in [5.74, 6) is 0.510. The van der Waals surface area contributed by atoms with Gasteiger partial charge in [-0.2, -0.15) is 0 Å². The van der Waals surface area contributed by atoms with Gasteiger partial charge in [-0.25, -0.2) is 9.79 Å². The van der Waals surface area contributed by atoms with Crippen LogP contribution < -0.4 is 14.2 Å². The van der Waals surface area contributed by atoms with Gasteiger partial charge in [-0.3, -0.25) is 10.1 Å². The molecule has 0 aromatic heterocycles. The van der Waals surface area contributed by atoms with Crippen molar-refractivity contribution >= 4 is 23.6 Å². The summed E-state index contributed by atoms with van der Waals surface area (Å²) in [6.07, 6.45) is 1.29. The molecule has 0 amide bonds. The summed E-state index contributed by atoms with van der Waals surface area (Å²) < 4.78 is 21.2. The molecule has 9 heteroatoms. The Labute approximate surface area is 159 Å². The van der Waals surface area contributed by atoms with Gasteiger partial charge >= 0.3 is 5.97 Å². The topological polar surface area (TPSA) is 109 Å². The first-order valence-corrected chi connectivity index (χ1v) is 8.39. The fraction of sp³-hybridized carbons (Fsp3) is 0.158. The van der Waals surface area contributed by atoms with E-state index in [1.165, 1.54) is 18.2 Å². The Morgan fingerprint density at radius 2 is 2.00 bits per heavy atom. The monoisotopic (exact) mass is 382 g/mol. The first-order valence-electron chi connectivity index (χ1n) is 8.39. The van der Waals surface area contributed by atoms with Crippen molar-refractivity contribution in [1.29, 1.82) is 0 Å². The van der Waals surface area contributed by atoms with Crippen LogP contribution in [0.4, 0.5) is 5.69 Å². The van der Waals surface area contributed by atoms with E-state index in [0.29, 0.717) is 23.7 Å². The minimum absolute atomic E-state index is 0.0228. The number of rotatable bonds is 5. The standard InChI is InChI=1S/C19H14N2O7/c1-2-25-15-6-4-3-5-12(15)18-20-13(19(22)28-18)7-11-8-16-17(27-10-26-16)9-14(11)21(23)24/h3-9H,2,10H2,1H3. The molecule has 0 aliphatic carbocycles. The van der Waals surface area contributed by atoms with E-state index in [2.05, 4.69) is 4.99 Å². The van der Waals surface area contributed by atoms with Crippen molar-refractivity contribution in [3.8, 4) is 17.2 Å². The zero-order valence-electron chi connectivity index (χ0n) is 14.7. The summed E-state index contributed by atoms with van der Waals surface area (Å²) in [7, 11) is 0. The second-order valence-corrected chi connectivity index (χ2v) is 5.79. The first kappa shape index (κ1) is 17.5. The summed E-state index contributed by atoms with van der Waals surface area (Å²) in [6.45, 7) is 2.25. The molecule has 2 heterocycles. The van der Waals surface area contributed by atoms with E-state index >= 15 is 0 Å². The maximum absolute atomic E-state index is 12.3. The average molecular weight is 382 g/mol. The highest BCUT2D eigenvalue weighted by atomic mass is 16.7. The fourth-order valence-electron chi connectivity index (χ4n) is 2.82. The quantitative estimate of drug-likeness (QED) is 0.338. The van der Waals surface area contributed by atoms with Crippen molar-refractivity contribution in [3.05, 3.63) is 63.3 Å². The predicted molar refractivity (Wildman–Crippen MR) is 97.4 cm³/mol. The maximum atomic E-state index is 12.3. The van der Waals surface area contributed by atoms with Crippen LogP contribution in [0.5, 0.6) is 17.2 Å². The molecule has 0 fully saturated rings. The molecule has 142 valence electrons. The molecule has 0 saturated heterocycles. The van der Waals surface area contributed by atoms with Crippen LogP contribution in [0.3, 0.4) is 0 Å². The second kappa shape index (κ2) is 7.03. The van der Waals surface area contributed by atoms with E-state index in [4.69, 9.17) is 18.9 Å². The number of nitro benzene ring substituents is 1. The minimum atomic E-state index is -0.715. The number of aliphatic imine (C=N–C) groups is 1. The normalized spacial score (nSPS) is 16.1. The van der Waals surface area contributed by atoms with E-state index in [0.717, 1.165) is 0 Å². The number of cyclic esters (lactones) is 1. The SMILES string of the molecule is CCOc1ccccc1C1=NC(=Cc2cc3c(cc2[N+](=O)[O-])OCO3)C(=O)O1. The third-order valence-electron chi connectivity index (χ3n) is 4.05. The highest BCUT2D eigenvalue weighted by Gasteiger charge is 2.28. The largest absolute Gasteiger partial charge is 0.493 e. The second-order valence-electron chi connectivity index (χ2n) is 5.79. The molecular formula is C19H14N2O7. The lowest BCUT2D eigenvalue weighted by molar-refractivity contribution is -0.385. The third-order valence-corrected chi connectivity index (χ3v) is 4.05. The van der Waals surface area contributed by atoms with Gasteiger partial charge in [-0.15, -0.1) is 0 Å². The summed E-state index contributed by atoms with van der Waals surface area (Å²) in [6, 6.07) is 9.69. The lowest BCUT2D eigenvalue weighted by atomic mass is 10.1. The summed E-state index contributed by atoms with van der Waals surface area (Å²) in [5, 5.41) is 11.4. The van der Waals surface area contributed by atoms with Crippen LogP contribution in [-0.2, 0) is 9.53 Å². The minimum Gasteiger partial charge on any atom is -0.493 e. The molecule has 0 atom stereocenters. The smallest absolute Gasteiger partial charge is 0.363 e. The van der Waals surface area contributed by atoms with Crippen molar-refractivity contribution < 1.29 is 28.7 Å². The van der Waals surface area contributed by atoms with Gasteiger partial charge in [0.25, 0.3) is 5.69 Å². The lowest BCUT2D eigenvalue weighted by Gasteiger charge is -2.08. The van der Waals surface area contributed by atoms with Crippen molar-refractivity contribution in [3.63, 3.8) is 0 Å². The fourth-order valence-corrected chi connectivity index (χ4v) is 2.82. The Hall–Kier alpha value is -3.88. The maximum Gasteiger partial charge on any atom is 0.363 e. The summed E-state index contributed by atoms with van der Waals surface area (Å²) in [5.41, 5.74) is 0.372. The number of fused-ring (bicyclic) bond motifs is 1. The predicted octanol–water partition coefficient (Wildman–Crippen LogP) is 3.07. The van der Waals surface area contributed by atoms with Gasteiger partial charge in [0, 0.05) is 0 Å². The molecule has 0 spiro atoms. The Kier molecular flexibility index (Phi) is 4.40. The molecule has 9 nitrogen and oxygen atoms in total. The van der Waals surface area contributed by atoms with E-state index in [9.17, 15) is 14.9 Å². The molecule has 2 aliphatic heterocycles. The van der Waals surface area contributed by atoms with Crippen LogP contribution in [0, 0.1) is 10.1 Å². The summed E-state index contributed by atoms with van der Waals surface area (Å²) >= 11 is 0. The van der Waals surface area contributed by atoms with Crippen molar-refractivity contribution in [2.75, 3.05) is 13.4 Å². The van der Waals surface area contributed by atoms with Gasteiger partial charge in [0.1, 0.15) is 5.75 Å². The van der Waals surface area contributed by atoms with Crippen LogP contribution >= 0.6 is 0 Å². The number of carbonyl (C=O) groups is 1. The van der Waals surface area contributed by atoms with Crippen LogP contribution in [-0.4, -0.2) is 30.2 Å². The Balaban J connectivity index is 1.75. The van der Waals surface area contributed by atoms with E-state index in [-0.39, 0.29) is 35.4 Å². The van der Waals surface area contributed by atoms with Crippen LogP contribution in [0.15, 0.2) is 47.1 Å². The Morgan fingerprint density at radius 1 is 1.25 bits per heavy atom. The number of nitro groups is 1. The highest BCUT2D eigenvalue weighted by molar-refractivity contribution is 6.14. The van der Waals surface area contributed by atoms with Crippen molar-refractivity contribution in [1.82, 2.24) is 0 Å². The van der Waals surface area contributed by atoms with Gasteiger partial charge in [0.2, 0.25) is 12.7 Å². The molecule has 0 radical (unpaired) electrons. The average Bonchev–Trinajstić information content (AvgIpc) is 3.28. The van der Waals surface area contributed by atoms with Crippen molar-refractivity contribution in [2.24, 2.45) is 4.99 Å². The molecule has 2 aromatic rings. The first-order chi connectivity index (χ1) is 13.6. The van der Waals surface area contributed by atoms with E-state index in [1.54, 1.807) is 24.3 Å². The van der Waals surface area contributed by atoms with Crippen LogP contribution in [0.2, 0.25) is 0 Å². The number of hydrogen-bond donors (Lipinski definition) is 0. The highest BCUT2D eigenvalue weighted by Crippen LogP contribution is 2.39. The van der Waals surface area contributed by atoms with Crippen molar-refractivity contribution in [2.45, 2.75) is 6.92 Å². The summed E-state index contributed by atoms with van der Waals surface area (Å²) in [4.78, 5) is 27.3. The van der Waals surface area contributed by atoms with Gasteiger partial charge in [0.15, 0.2) is 17.2 Å². The zero-order valence-corrected chi connectivity index (χ0v) is 14.7.